The van der Waals surface area contributed by atoms with Crippen molar-refractivity contribution in [1.82, 2.24) is 5.32 Å². The number of hydrogen-bond acceptors (Lipinski definition) is 3. The third-order valence-electron chi connectivity index (χ3n) is 3.45. The first-order chi connectivity index (χ1) is 9.79. The lowest BCUT2D eigenvalue weighted by atomic mass is 9.99. The van der Waals surface area contributed by atoms with E-state index >= 15 is 0 Å². The molecular formula is C17H17NO2. The van der Waals surface area contributed by atoms with Crippen LogP contribution in [0.15, 0.2) is 59.2 Å². The number of furan rings is 1. The van der Waals surface area contributed by atoms with Gasteiger partial charge in [-0.2, -0.15) is 0 Å². The normalized spacial score (nSPS) is 12.7. The second kappa shape index (κ2) is 5.49. The summed E-state index contributed by atoms with van der Waals surface area (Å²) in [5, 5.41) is 14.7. The molecule has 0 saturated carbocycles. The summed E-state index contributed by atoms with van der Waals surface area (Å²) >= 11 is 0. The molecular weight excluding hydrogens is 250 g/mol. The van der Waals surface area contributed by atoms with Gasteiger partial charge in [0.25, 0.3) is 0 Å². The fraction of sp³-hybridized carbons (Fsp3) is 0.176. The van der Waals surface area contributed by atoms with Gasteiger partial charge in [0.15, 0.2) is 0 Å². The van der Waals surface area contributed by atoms with E-state index in [-0.39, 0.29) is 0 Å². The highest BCUT2D eigenvalue weighted by Gasteiger charge is 2.16. The lowest BCUT2D eigenvalue weighted by Gasteiger charge is -2.11. The molecule has 3 nitrogen and oxygen atoms in total. The second-order valence-corrected chi connectivity index (χ2v) is 4.87. The van der Waals surface area contributed by atoms with Gasteiger partial charge >= 0.3 is 0 Å². The number of benzene rings is 2. The molecule has 20 heavy (non-hydrogen) atoms. The summed E-state index contributed by atoms with van der Waals surface area (Å²) in [7, 11) is 1.91. The number of aliphatic hydroxyl groups excluding tert-OH is 1. The molecule has 2 N–H and O–H groups in total. The summed E-state index contributed by atoms with van der Waals surface area (Å²) in [6.07, 6.45) is 0.968. The van der Waals surface area contributed by atoms with Crippen molar-refractivity contribution in [3.05, 3.63) is 71.5 Å². The molecule has 0 saturated heterocycles. The molecule has 1 unspecified atom stereocenters. The van der Waals surface area contributed by atoms with Gasteiger partial charge in [0, 0.05) is 17.5 Å². The van der Waals surface area contributed by atoms with Crippen LogP contribution in [-0.2, 0) is 6.54 Å². The molecule has 0 bridgehead atoms. The molecule has 1 aromatic heterocycles. The molecule has 0 aliphatic carbocycles. The third kappa shape index (κ3) is 2.33. The Morgan fingerprint density at radius 3 is 2.85 bits per heavy atom. The van der Waals surface area contributed by atoms with Gasteiger partial charge in [0.05, 0.1) is 6.26 Å². The van der Waals surface area contributed by atoms with Crippen molar-refractivity contribution in [2.75, 3.05) is 7.05 Å². The molecule has 0 amide bonds. The first-order valence-corrected chi connectivity index (χ1v) is 6.67. The Bertz CT molecular complexity index is 718. The van der Waals surface area contributed by atoms with Crippen molar-refractivity contribution in [2.45, 2.75) is 12.6 Å². The van der Waals surface area contributed by atoms with Gasteiger partial charge in [-0.3, -0.25) is 0 Å². The maximum atomic E-state index is 10.6. The number of nitrogens with one attached hydrogen (secondary N) is 1. The van der Waals surface area contributed by atoms with Crippen molar-refractivity contribution in [2.24, 2.45) is 0 Å². The van der Waals surface area contributed by atoms with Gasteiger partial charge in [0.2, 0.25) is 0 Å². The van der Waals surface area contributed by atoms with Crippen LogP contribution >= 0.6 is 0 Å². The van der Waals surface area contributed by atoms with E-state index < -0.39 is 6.10 Å². The summed E-state index contributed by atoms with van der Waals surface area (Å²) in [5.41, 5.74) is 3.64. The standard InChI is InChI=1S/C17H17NO2/c1-18-10-12-5-4-6-13(9-12)17(19)15-11-20-16-8-3-2-7-14(15)16/h2-9,11,17-19H,10H2,1H3. The minimum Gasteiger partial charge on any atom is -0.464 e. The highest BCUT2D eigenvalue weighted by molar-refractivity contribution is 5.81. The van der Waals surface area contributed by atoms with E-state index in [0.29, 0.717) is 0 Å². The van der Waals surface area contributed by atoms with Crippen molar-refractivity contribution in [3.8, 4) is 0 Å². The SMILES string of the molecule is CNCc1cccc(C(O)c2coc3ccccc23)c1. The number of para-hydroxylation sites is 1. The predicted molar refractivity (Wildman–Crippen MR) is 79.5 cm³/mol. The van der Waals surface area contributed by atoms with Crippen molar-refractivity contribution in [1.29, 1.82) is 0 Å². The highest BCUT2D eigenvalue weighted by atomic mass is 16.3. The lowest BCUT2D eigenvalue weighted by Crippen LogP contribution is -2.06. The van der Waals surface area contributed by atoms with Crippen LogP contribution in [0.3, 0.4) is 0 Å². The first kappa shape index (κ1) is 12.9. The Kier molecular flexibility index (Phi) is 3.54. The van der Waals surface area contributed by atoms with Gasteiger partial charge < -0.3 is 14.8 Å². The van der Waals surface area contributed by atoms with Crippen molar-refractivity contribution in [3.63, 3.8) is 0 Å². The maximum absolute atomic E-state index is 10.6. The van der Waals surface area contributed by atoms with Crippen LogP contribution in [0.5, 0.6) is 0 Å². The Morgan fingerprint density at radius 1 is 1.15 bits per heavy atom. The van der Waals surface area contributed by atoms with Crippen LogP contribution in [0.4, 0.5) is 0 Å². The van der Waals surface area contributed by atoms with Crippen LogP contribution < -0.4 is 5.32 Å². The largest absolute Gasteiger partial charge is 0.464 e. The Balaban J connectivity index is 1.99. The van der Waals surface area contributed by atoms with Crippen molar-refractivity contribution < 1.29 is 9.52 Å². The average Bonchev–Trinajstić information content (AvgIpc) is 2.91. The monoisotopic (exact) mass is 267 g/mol. The van der Waals surface area contributed by atoms with Crippen molar-refractivity contribution >= 4 is 11.0 Å². The molecule has 2 aromatic carbocycles. The molecule has 0 spiro atoms. The van der Waals surface area contributed by atoms with Crippen LogP contribution in [0, 0.1) is 0 Å². The number of rotatable bonds is 4. The molecule has 0 aliphatic heterocycles. The summed E-state index contributed by atoms with van der Waals surface area (Å²) in [6.45, 7) is 0.784. The minimum atomic E-state index is -0.671. The van der Waals surface area contributed by atoms with Crippen LogP contribution in [0.2, 0.25) is 0 Å². The number of fused-ring (bicyclic) bond motifs is 1. The van der Waals surface area contributed by atoms with Gasteiger partial charge in [-0.25, -0.2) is 0 Å². The summed E-state index contributed by atoms with van der Waals surface area (Å²) < 4.78 is 5.50. The Morgan fingerprint density at radius 2 is 2.00 bits per heavy atom. The summed E-state index contributed by atoms with van der Waals surface area (Å²) in [5.74, 6) is 0. The molecule has 1 atom stereocenters. The van der Waals surface area contributed by atoms with Gasteiger partial charge in [-0.1, -0.05) is 42.5 Å². The molecule has 102 valence electrons. The molecule has 0 fully saturated rings. The Hall–Kier alpha value is -2.10. The fourth-order valence-electron chi connectivity index (χ4n) is 2.47. The molecule has 0 radical (unpaired) electrons. The zero-order valence-electron chi connectivity index (χ0n) is 11.3. The van der Waals surface area contributed by atoms with E-state index in [4.69, 9.17) is 4.42 Å². The van der Waals surface area contributed by atoms with Gasteiger partial charge in [-0.05, 0) is 24.2 Å². The van der Waals surface area contributed by atoms with E-state index in [2.05, 4.69) is 5.32 Å². The zero-order chi connectivity index (χ0) is 13.9. The molecule has 3 heteroatoms. The summed E-state index contributed by atoms with van der Waals surface area (Å²) in [4.78, 5) is 0. The number of hydrogen-bond donors (Lipinski definition) is 2. The van der Waals surface area contributed by atoms with Crippen LogP contribution in [-0.4, -0.2) is 12.2 Å². The smallest absolute Gasteiger partial charge is 0.134 e. The quantitative estimate of drug-likeness (QED) is 0.763. The third-order valence-corrected chi connectivity index (χ3v) is 3.45. The average molecular weight is 267 g/mol. The number of aliphatic hydroxyl groups is 1. The topological polar surface area (TPSA) is 45.4 Å². The molecule has 3 aromatic rings. The van der Waals surface area contributed by atoms with Crippen LogP contribution in [0.25, 0.3) is 11.0 Å². The molecule has 0 aliphatic rings. The molecule has 1 heterocycles. The van der Waals surface area contributed by atoms with E-state index in [9.17, 15) is 5.11 Å². The first-order valence-electron chi connectivity index (χ1n) is 6.67. The zero-order valence-corrected chi connectivity index (χ0v) is 11.3. The second-order valence-electron chi connectivity index (χ2n) is 4.87. The highest BCUT2D eigenvalue weighted by Crippen LogP contribution is 2.30. The fourth-order valence-corrected chi connectivity index (χ4v) is 2.47. The van der Waals surface area contributed by atoms with Crippen LogP contribution in [0.1, 0.15) is 22.8 Å². The van der Waals surface area contributed by atoms with E-state index in [1.807, 2.05) is 55.6 Å². The minimum absolute atomic E-state index is 0.671. The van der Waals surface area contributed by atoms with E-state index in [1.54, 1.807) is 6.26 Å². The maximum Gasteiger partial charge on any atom is 0.134 e. The predicted octanol–water partition coefficient (Wildman–Crippen LogP) is 3.23. The van der Waals surface area contributed by atoms with Gasteiger partial charge in [0.1, 0.15) is 11.7 Å². The summed E-state index contributed by atoms with van der Waals surface area (Å²) in [6, 6.07) is 15.7. The van der Waals surface area contributed by atoms with E-state index in [1.165, 1.54) is 0 Å². The van der Waals surface area contributed by atoms with Gasteiger partial charge in [-0.15, -0.1) is 0 Å². The van der Waals surface area contributed by atoms with E-state index in [0.717, 1.165) is 34.2 Å². The lowest BCUT2D eigenvalue weighted by molar-refractivity contribution is 0.220. The Labute approximate surface area is 117 Å². The molecule has 3 rings (SSSR count).